The topological polar surface area (TPSA) is 77.1 Å². The molecule has 0 saturated carbocycles. The number of fused-ring (bicyclic) bond motifs is 1. The molecule has 1 aliphatic rings. The van der Waals surface area contributed by atoms with Crippen molar-refractivity contribution in [2.75, 3.05) is 0 Å². The van der Waals surface area contributed by atoms with Crippen LogP contribution >= 0.6 is 10.5 Å². The Labute approximate surface area is 175 Å². The lowest BCUT2D eigenvalue weighted by Crippen LogP contribution is -2.20. The van der Waals surface area contributed by atoms with E-state index < -0.39 is 15.7 Å². The number of benzene rings is 2. The van der Waals surface area contributed by atoms with Gasteiger partial charge in [-0.3, -0.25) is 14.9 Å². The van der Waals surface area contributed by atoms with E-state index in [0.29, 0.717) is 12.4 Å². The summed E-state index contributed by atoms with van der Waals surface area (Å²) in [5.41, 5.74) is 3.59. The summed E-state index contributed by atoms with van der Waals surface area (Å²) in [6.07, 6.45) is 1.97. The van der Waals surface area contributed by atoms with Crippen LogP contribution in [0.5, 0.6) is 0 Å². The molecule has 2 aromatic heterocycles. The fraction of sp³-hybridized carbons (Fsp3) is 0.130. The quantitative estimate of drug-likeness (QED) is 0.491. The van der Waals surface area contributed by atoms with Gasteiger partial charge in [0.25, 0.3) is 5.24 Å². The molecule has 2 aromatic carbocycles. The number of carbonyl (C=O) groups is 2. The van der Waals surface area contributed by atoms with Crippen molar-refractivity contribution in [1.82, 2.24) is 14.9 Å². The van der Waals surface area contributed by atoms with Crippen LogP contribution in [-0.4, -0.2) is 26.6 Å². The van der Waals surface area contributed by atoms with Crippen molar-refractivity contribution < 1.29 is 14.0 Å². The summed E-state index contributed by atoms with van der Waals surface area (Å²) in [7, 11) is -0.929. The van der Waals surface area contributed by atoms with E-state index in [-0.39, 0.29) is 11.1 Å². The highest BCUT2D eigenvalue weighted by atomic mass is 32.2. The normalized spacial score (nSPS) is 18.8. The number of hydrogen-bond acceptors (Lipinski definition) is 4. The van der Waals surface area contributed by atoms with E-state index in [9.17, 15) is 9.59 Å². The molecule has 2 amide bonds. The van der Waals surface area contributed by atoms with Crippen molar-refractivity contribution in [1.29, 1.82) is 0 Å². The van der Waals surface area contributed by atoms with Crippen LogP contribution in [-0.2, 0) is 11.3 Å². The van der Waals surface area contributed by atoms with Gasteiger partial charge in [-0.05, 0) is 36.8 Å². The zero-order valence-electron chi connectivity index (χ0n) is 16.3. The number of oxazole rings is 1. The maximum absolute atomic E-state index is 12.3. The molecule has 7 heteroatoms. The second-order valence-electron chi connectivity index (χ2n) is 7.20. The fourth-order valence-corrected chi connectivity index (χ4v) is 5.09. The van der Waals surface area contributed by atoms with E-state index in [1.54, 1.807) is 0 Å². The molecule has 1 fully saturated rings. The molecule has 6 nitrogen and oxygen atoms in total. The van der Waals surface area contributed by atoms with Gasteiger partial charge in [-0.2, -0.15) is 0 Å². The number of aromatic nitrogens is 2. The maximum atomic E-state index is 12.3. The van der Waals surface area contributed by atoms with Gasteiger partial charge in [0.2, 0.25) is 11.8 Å². The predicted octanol–water partition coefficient (Wildman–Crippen LogP) is 4.64. The Balaban J connectivity index is 1.52. The molecule has 2 atom stereocenters. The number of amides is 2. The first kappa shape index (κ1) is 18.6. The SMILES string of the molecule is C=S1C(=O)NC(=O)C1c1cccc2c1ccn2Cc1nc(-c2ccccc2)oc1C. The number of imide groups is 1. The van der Waals surface area contributed by atoms with Crippen LogP contribution in [0, 0.1) is 6.92 Å². The second-order valence-corrected chi connectivity index (χ2v) is 8.90. The molecular formula is C23H19N3O3S. The van der Waals surface area contributed by atoms with E-state index in [0.717, 1.165) is 33.5 Å². The molecule has 4 aromatic rings. The van der Waals surface area contributed by atoms with Crippen LogP contribution < -0.4 is 5.32 Å². The molecule has 150 valence electrons. The van der Waals surface area contributed by atoms with E-state index in [1.807, 2.05) is 67.7 Å². The summed E-state index contributed by atoms with van der Waals surface area (Å²) in [4.78, 5) is 28.9. The first-order valence-corrected chi connectivity index (χ1v) is 11.0. The van der Waals surface area contributed by atoms with Crippen LogP contribution in [0.2, 0.25) is 0 Å². The number of carbonyl (C=O) groups excluding carboxylic acids is 2. The van der Waals surface area contributed by atoms with E-state index in [1.165, 1.54) is 0 Å². The van der Waals surface area contributed by atoms with Gasteiger partial charge < -0.3 is 8.98 Å². The van der Waals surface area contributed by atoms with Crippen LogP contribution in [0.15, 0.2) is 65.2 Å². The highest BCUT2D eigenvalue weighted by Gasteiger charge is 2.36. The Hall–Kier alpha value is -3.45. The van der Waals surface area contributed by atoms with Gasteiger partial charge in [0.05, 0.1) is 6.54 Å². The summed E-state index contributed by atoms with van der Waals surface area (Å²) in [6, 6.07) is 17.6. The van der Waals surface area contributed by atoms with Crippen molar-refractivity contribution in [2.24, 2.45) is 0 Å². The minimum absolute atomic E-state index is 0.279. The zero-order valence-corrected chi connectivity index (χ0v) is 17.1. The van der Waals surface area contributed by atoms with Crippen molar-refractivity contribution in [3.63, 3.8) is 0 Å². The Bertz CT molecular complexity index is 1320. The van der Waals surface area contributed by atoms with Gasteiger partial charge in [0.1, 0.15) is 16.7 Å². The number of aryl methyl sites for hydroxylation is 1. The molecule has 0 spiro atoms. The van der Waals surface area contributed by atoms with E-state index in [4.69, 9.17) is 9.40 Å². The van der Waals surface area contributed by atoms with Crippen LogP contribution in [0.4, 0.5) is 4.79 Å². The van der Waals surface area contributed by atoms with E-state index in [2.05, 4.69) is 15.8 Å². The molecule has 3 heterocycles. The average Bonchev–Trinajstić information content (AvgIpc) is 3.40. The first-order chi connectivity index (χ1) is 14.5. The first-order valence-electron chi connectivity index (χ1n) is 9.50. The van der Waals surface area contributed by atoms with Gasteiger partial charge in [0, 0.05) is 22.7 Å². The van der Waals surface area contributed by atoms with E-state index >= 15 is 0 Å². The fourth-order valence-electron chi connectivity index (χ4n) is 3.82. The molecule has 0 bridgehead atoms. The molecule has 5 rings (SSSR count). The van der Waals surface area contributed by atoms with Crippen molar-refractivity contribution >= 4 is 38.4 Å². The Morgan fingerprint density at radius 2 is 1.93 bits per heavy atom. The van der Waals surface area contributed by atoms with Crippen molar-refractivity contribution in [2.45, 2.75) is 18.7 Å². The van der Waals surface area contributed by atoms with Crippen LogP contribution in [0.1, 0.15) is 22.3 Å². The van der Waals surface area contributed by atoms with Crippen molar-refractivity contribution in [3.05, 3.63) is 77.8 Å². The summed E-state index contributed by atoms with van der Waals surface area (Å²) >= 11 is 0. The molecule has 2 unspecified atom stereocenters. The molecule has 1 saturated heterocycles. The average molecular weight is 417 g/mol. The largest absolute Gasteiger partial charge is 0.441 e. The highest BCUT2D eigenvalue weighted by Crippen LogP contribution is 2.42. The Morgan fingerprint density at radius 3 is 2.67 bits per heavy atom. The number of rotatable bonds is 4. The number of nitrogens with one attached hydrogen (secondary N) is 1. The molecule has 1 aliphatic heterocycles. The predicted molar refractivity (Wildman–Crippen MR) is 119 cm³/mol. The molecule has 30 heavy (non-hydrogen) atoms. The third kappa shape index (κ3) is 2.98. The number of nitrogens with zero attached hydrogens (tertiary/aromatic N) is 2. The monoisotopic (exact) mass is 417 g/mol. The highest BCUT2D eigenvalue weighted by molar-refractivity contribution is 8.28. The maximum Gasteiger partial charge on any atom is 0.280 e. The third-order valence-electron chi connectivity index (χ3n) is 5.35. The Morgan fingerprint density at radius 1 is 1.13 bits per heavy atom. The lowest BCUT2D eigenvalue weighted by atomic mass is 10.1. The van der Waals surface area contributed by atoms with Gasteiger partial charge in [0.15, 0.2) is 0 Å². The number of hydrogen-bond donors (Lipinski definition) is 1. The lowest BCUT2D eigenvalue weighted by molar-refractivity contribution is -0.119. The Kier molecular flexibility index (Phi) is 4.40. The molecular weight excluding hydrogens is 398 g/mol. The summed E-state index contributed by atoms with van der Waals surface area (Å²) < 4.78 is 7.96. The van der Waals surface area contributed by atoms with Crippen LogP contribution in [0.25, 0.3) is 22.4 Å². The summed E-state index contributed by atoms with van der Waals surface area (Å²) in [5.74, 6) is 5.01. The van der Waals surface area contributed by atoms with Crippen LogP contribution in [0.3, 0.4) is 0 Å². The zero-order chi connectivity index (χ0) is 20.8. The van der Waals surface area contributed by atoms with Gasteiger partial charge in [-0.15, -0.1) is 0 Å². The molecule has 0 aliphatic carbocycles. The minimum Gasteiger partial charge on any atom is -0.441 e. The third-order valence-corrected chi connectivity index (χ3v) is 6.96. The summed E-state index contributed by atoms with van der Waals surface area (Å²) in [6.45, 7) is 2.45. The van der Waals surface area contributed by atoms with Gasteiger partial charge in [-0.25, -0.2) is 4.98 Å². The molecule has 1 N–H and O–H groups in total. The standard InChI is InChI=1S/C23H19N3O3S/c1-14-18(24-22(29-14)15-7-4-3-5-8-15)13-26-12-11-16-17(9-6-10-19(16)26)20-21(27)25-23(28)30(20)2/h3-12,20H,2,13H2,1H3,(H,25,27,28). The lowest BCUT2D eigenvalue weighted by Gasteiger charge is -2.11. The van der Waals surface area contributed by atoms with Crippen molar-refractivity contribution in [3.8, 4) is 11.5 Å². The van der Waals surface area contributed by atoms with Gasteiger partial charge in [-0.1, -0.05) is 46.7 Å². The van der Waals surface area contributed by atoms with Gasteiger partial charge >= 0.3 is 0 Å². The minimum atomic E-state index is -0.929. The smallest absolute Gasteiger partial charge is 0.280 e. The summed E-state index contributed by atoms with van der Waals surface area (Å²) in [5, 5.41) is 2.49. The molecule has 0 radical (unpaired) electrons. The second kappa shape index (κ2) is 7.11.